The van der Waals surface area contributed by atoms with Crippen molar-refractivity contribution < 1.29 is 9.18 Å². The van der Waals surface area contributed by atoms with Gasteiger partial charge in [-0.2, -0.15) is 0 Å². The van der Waals surface area contributed by atoms with Gasteiger partial charge in [0.15, 0.2) is 0 Å². The maximum atomic E-state index is 13.7. The van der Waals surface area contributed by atoms with E-state index in [9.17, 15) is 9.18 Å². The lowest BCUT2D eigenvalue weighted by Crippen LogP contribution is -2.26. The number of hydrogen-bond donors (Lipinski definition) is 3. The van der Waals surface area contributed by atoms with Crippen LogP contribution in [0.2, 0.25) is 5.02 Å². The number of amides is 1. The van der Waals surface area contributed by atoms with Crippen LogP contribution in [0.1, 0.15) is 11.1 Å². The van der Waals surface area contributed by atoms with Crippen molar-refractivity contribution in [2.24, 2.45) is 10.9 Å². The molecular weight excluding hydrogens is 337 g/mol. The van der Waals surface area contributed by atoms with E-state index in [4.69, 9.17) is 22.5 Å². The molecule has 5 N–H and O–H groups in total. The topological polar surface area (TPSA) is 81.1 Å². The van der Waals surface area contributed by atoms with Crippen LogP contribution in [0.5, 0.6) is 0 Å². The van der Waals surface area contributed by atoms with Crippen molar-refractivity contribution in [1.82, 2.24) is 5.32 Å². The Balaban J connectivity index is 2.18. The summed E-state index contributed by atoms with van der Waals surface area (Å²) in [6, 6.07) is 13.3. The van der Waals surface area contributed by atoms with Crippen molar-refractivity contribution in [3.63, 3.8) is 0 Å². The van der Waals surface area contributed by atoms with Gasteiger partial charge in [0.05, 0.1) is 5.70 Å². The number of hydrogen-bond acceptors (Lipinski definition) is 4. The highest BCUT2D eigenvalue weighted by molar-refractivity contribution is 8.02. The smallest absolute Gasteiger partial charge is 0.261 e. The number of carbonyl (C=O) groups excluding carboxylic acids is 1. The van der Waals surface area contributed by atoms with Crippen LogP contribution in [0.3, 0.4) is 0 Å². The number of halogens is 2. The van der Waals surface area contributed by atoms with Gasteiger partial charge in [-0.05, 0) is 29.6 Å². The molecule has 7 heteroatoms. The first-order valence-corrected chi connectivity index (χ1v) is 7.93. The third kappa shape index (κ3) is 4.25. The van der Waals surface area contributed by atoms with Gasteiger partial charge in [0.1, 0.15) is 10.7 Å². The third-order valence-electron chi connectivity index (χ3n) is 3.14. The van der Waals surface area contributed by atoms with E-state index in [0.717, 1.165) is 11.9 Å². The average molecular weight is 352 g/mol. The molecule has 0 saturated carbocycles. The zero-order valence-corrected chi connectivity index (χ0v) is 13.6. The summed E-state index contributed by atoms with van der Waals surface area (Å²) in [6.45, 7) is -0.0591. The highest BCUT2D eigenvalue weighted by Gasteiger charge is 2.16. The maximum Gasteiger partial charge on any atom is 0.261 e. The number of benzene rings is 2. The Morgan fingerprint density at radius 1 is 1.17 bits per heavy atom. The predicted octanol–water partition coefficient (Wildman–Crippen LogP) is 3.03. The summed E-state index contributed by atoms with van der Waals surface area (Å²) >= 11 is 6.67. The fraction of sp³-hybridized carbons (Fsp3) is 0.0625. The monoisotopic (exact) mass is 351 g/mol. The fourth-order valence-corrected chi connectivity index (χ4v) is 2.59. The van der Waals surface area contributed by atoms with Crippen LogP contribution < -0.4 is 16.2 Å². The summed E-state index contributed by atoms with van der Waals surface area (Å²) in [7, 11) is 0. The second-order valence-corrected chi connectivity index (χ2v) is 5.66. The lowest BCUT2D eigenvalue weighted by Gasteiger charge is -2.11. The summed E-state index contributed by atoms with van der Waals surface area (Å²) in [6.07, 6.45) is 0. The van der Waals surface area contributed by atoms with Gasteiger partial charge in [0.25, 0.3) is 5.91 Å². The van der Waals surface area contributed by atoms with Gasteiger partial charge in [0, 0.05) is 17.1 Å². The molecule has 1 amide bonds. The second kappa shape index (κ2) is 8.01. The van der Waals surface area contributed by atoms with Crippen LogP contribution >= 0.6 is 23.5 Å². The molecule has 2 aromatic carbocycles. The summed E-state index contributed by atoms with van der Waals surface area (Å²) < 4.78 is 13.7. The highest BCUT2D eigenvalue weighted by Crippen LogP contribution is 2.21. The quantitative estimate of drug-likeness (QED) is 0.571. The van der Waals surface area contributed by atoms with E-state index >= 15 is 0 Å². The molecule has 0 heterocycles. The van der Waals surface area contributed by atoms with Gasteiger partial charge in [0.2, 0.25) is 0 Å². The highest BCUT2D eigenvalue weighted by atomic mass is 35.5. The van der Waals surface area contributed by atoms with Crippen LogP contribution in [0.4, 0.5) is 4.39 Å². The van der Waals surface area contributed by atoms with Crippen molar-refractivity contribution in [3.8, 4) is 0 Å². The Morgan fingerprint density at radius 2 is 1.87 bits per heavy atom. The molecule has 0 bridgehead atoms. The largest absolute Gasteiger partial charge is 0.397 e. The molecule has 0 radical (unpaired) electrons. The lowest BCUT2D eigenvalue weighted by molar-refractivity contribution is -0.116. The fourth-order valence-electron chi connectivity index (χ4n) is 1.94. The molecule has 0 spiro atoms. The third-order valence-corrected chi connectivity index (χ3v) is 4.14. The number of carbonyl (C=O) groups is 1. The Morgan fingerprint density at radius 3 is 2.48 bits per heavy atom. The van der Waals surface area contributed by atoms with Crippen LogP contribution in [0.15, 0.2) is 53.4 Å². The number of nitrogens with two attached hydrogens (primary N) is 2. The molecule has 23 heavy (non-hydrogen) atoms. The molecule has 0 aliphatic carbocycles. The predicted molar refractivity (Wildman–Crippen MR) is 92.6 cm³/mol. The Kier molecular flexibility index (Phi) is 6.04. The number of nitrogens with one attached hydrogen (secondary N) is 1. The van der Waals surface area contributed by atoms with E-state index in [1.165, 1.54) is 12.1 Å². The van der Waals surface area contributed by atoms with Gasteiger partial charge in [-0.1, -0.05) is 48.0 Å². The van der Waals surface area contributed by atoms with Crippen LogP contribution in [0.25, 0.3) is 5.70 Å². The van der Waals surface area contributed by atoms with Crippen molar-refractivity contribution in [1.29, 1.82) is 0 Å². The Hall–Kier alpha value is -2.02. The Bertz CT molecular complexity index is 717. The normalized spacial score (nSPS) is 11.8. The maximum absolute atomic E-state index is 13.7. The number of rotatable bonds is 5. The summed E-state index contributed by atoms with van der Waals surface area (Å²) in [4.78, 5) is 12.4. The molecule has 0 unspecified atom stereocenters. The van der Waals surface area contributed by atoms with E-state index in [2.05, 4.69) is 5.32 Å². The molecule has 0 aromatic heterocycles. The van der Waals surface area contributed by atoms with Crippen LogP contribution in [0, 0.1) is 5.82 Å². The summed E-state index contributed by atoms with van der Waals surface area (Å²) in [5.74, 6) is -0.974. The van der Waals surface area contributed by atoms with Crippen molar-refractivity contribution in [3.05, 3.63) is 75.4 Å². The second-order valence-electron chi connectivity index (χ2n) is 4.61. The zero-order chi connectivity index (χ0) is 16.8. The van der Waals surface area contributed by atoms with E-state index in [1.54, 1.807) is 30.3 Å². The molecule has 120 valence electrons. The van der Waals surface area contributed by atoms with Gasteiger partial charge in [-0.3, -0.25) is 9.93 Å². The van der Waals surface area contributed by atoms with E-state index < -0.39 is 11.7 Å². The molecule has 0 atom stereocenters. The first-order chi connectivity index (χ1) is 11.0. The molecule has 0 aliphatic rings. The minimum atomic E-state index is -0.488. The van der Waals surface area contributed by atoms with E-state index in [1.807, 2.05) is 6.07 Å². The van der Waals surface area contributed by atoms with E-state index in [-0.39, 0.29) is 27.7 Å². The molecule has 0 fully saturated rings. The minimum Gasteiger partial charge on any atom is -0.397 e. The zero-order valence-electron chi connectivity index (χ0n) is 12.1. The Labute approximate surface area is 142 Å². The molecule has 2 rings (SSSR count). The molecule has 0 aliphatic heterocycles. The summed E-state index contributed by atoms with van der Waals surface area (Å²) in [5, 5.41) is 8.38. The standard InChI is InChI=1S/C16H15ClFN3OS/c17-12-7-4-8-13(18)11(12)9-21-16(22)15(23-20)14(19)10-5-2-1-3-6-10/h1-8H,9,19-20H2,(H,21,22)/b15-14-. The lowest BCUT2D eigenvalue weighted by atomic mass is 10.1. The molecule has 0 saturated heterocycles. The molecular formula is C16H15ClFN3OS. The van der Waals surface area contributed by atoms with Crippen LogP contribution in [-0.4, -0.2) is 5.91 Å². The van der Waals surface area contributed by atoms with Crippen LogP contribution in [-0.2, 0) is 11.3 Å². The first kappa shape index (κ1) is 17.3. The average Bonchev–Trinajstić information content (AvgIpc) is 2.55. The first-order valence-electron chi connectivity index (χ1n) is 6.67. The van der Waals surface area contributed by atoms with Gasteiger partial charge in [-0.25, -0.2) is 4.39 Å². The molecule has 2 aromatic rings. The summed E-state index contributed by atoms with van der Waals surface area (Å²) in [5.41, 5.74) is 7.15. The van der Waals surface area contributed by atoms with Gasteiger partial charge < -0.3 is 11.1 Å². The van der Waals surface area contributed by atoms with Gasteiger partial charge in [-0.15, -0.1) is 0 Å². The van der Waals surface area contributed by atoms with Crippen molar-refractivity contribution in [2.45, 2.75) is 6.54 Å². The SMILES string of the molecule is NS/C(C(=O)NCc1c(F)cccc1Cl)=C(\N)c1ccccc1. The minimum absolute atomic E-state index is 0.0591. The van der Waals surface area contributed by atoms with Gasteiger partial charge >= 0.3 is 0 Å². The van der Waals surface area contributed by atoms with Crippen molar-refractivity contribution in [2.75, 3.05) is 0 Å². The van der Waals surface area contributed by atoms with E-state index in [0.29, 0.717) is 5.56 Å². The van der Waals surface area contributed by atoms with Crippen molar-refractivity contribution >= 4 is 35.2 Å². The molecule has 4 nitrogen and oxygen atoms in total.